The average Bonchev–Trinajstić information content (AvgIpc) is 2.50. The van der Waals surface area contributed by atoms with Crippen LogP contribution in [0.1, 0.15) is 11.1 Å². The summed E-state index contributed by atoms with van der Waals surface area (Å²) in [7, 11) is 0. The van der Waals surface area contributed by atoms with Gasteiger partial charge < -0.3 is 11.1 Å². The Morgan fingerprint density at radius 3 is 2.77 bits per heavy atom. The number of benzene rings is 1. The number of nitrogens with two attached hydrogens (primary N) is 1. The molecule has 74 valence electrons. The number of hydrogen-bond acceptors (Lipinski definition) is 2. The summed E-state index contributed by atoms with van der Waals surface area (Å²) in [5.74, 6) is 0. The molecular weight excluding hydrogens is 207 g/mol. The third kappa shape index (κ3) is 2.27. The predicted molar refractivity (Wildman–Crippen MR) is 61.0 cm³/mol. The molecule has 3 N–H and O–H groups in total. The van der Waals surface area contributed by atoms with Crippen LogP contribution in [0.4, 0.5) is 5.69 Å². The maximum Gasteiger partial charge on any atom is 0.0376 e. The second kappa shape index (κ2) is 5.32. The molecule has 1 aliphatic rings. The van der Waals surface area contributed by atoms with E-state index in [1.54, 1.807) is 0 Å². The van der Waals surface area contributed by atoms with E-state index in [0.717, 1.165) is 13.0 Å². The molecule has 0 spiro atoms. The van der Waals surface area contributed by atoms with Crippen molar-refractivity contribution in [2.75, 3.05) is 11.9 Å². The summed E-state index contributed by atoms with van der Waals surface area (Å²) in [6, 6.07) is 6.27. The fourth-order valence-electron chi connectivity index (χ4n) is 1.61. The number of anilines is 1. The third-order valence-electron chi connectivity index (χ3n) is 2.18. The molecule has 0 unspecified atom stereocenters. The summed E-state index contributed by atoms with van der Waals surface area (Å²) in [5, 5.41) is 3.32. The highest BCUT2D eigenvalue weighted by molar-refractivity contribution is 5.85. The van der Waals surface area contributed by atoms with E-state index in [0.29, 0.717) is 6.54 Å². The molecular formula is C9H14Cl2N2. The van der Waals surface area contributed by atoms with E-state index < -0.39 is 0 Å². The molecule has 0 amide bonds. The Bertz CT molecular complexity index is 276. The molecule has 4 heteroatoms. The lowest BCUT2D eigenvalue weighted by molar-refractivity contribution is 1.01. The van der Waals surface area contributed by atoms with E-state index in [2.05, 4.69) is 23.5 Å². The molecule has 0 radical (unpaired) electrons. The maximum absolute atomic E-state index is 5.60. The van der Waals surface area contributed by atoms with E-state index in [1.165, 1.54) is 16.8 Å². The molecule has 0 fully saturated rings. The molecule has 0 aromatic heterocycles. The summed E-state index contributed by atoms with van der Waals surface area (Å²) < 4.78 is 0. The van der Waals surface area contributed by atoms with Crippen molar-refractivity contribution in [3.05, 3.63) is 29.3 Å². The molecule has 0 aliphatic carbocycles. The second-order valence-electron chi connectivity index (χ2n) is 2.82. The molecule has 2 rings (SSSR count). The van der Waals surface area contributed by atoms with Gasteiger partial charge in [0.2, 0.25) is 0 Å². The van der Waals surface area contributed by atoms with Gasteiger partial charge in [0.15, 0.2) is 0 Å². The average molecular weight is 221 g/mol. The zero-order valence-corrected chi connectivity index (χ0v) is 8.88. The Hall–Kier alpha value is -0.440. The van der Waals surface area contributed by atoms with Gasteiger partial charge in [-0.05, 0) is 23.6 Å². The molecule has 0 bridgehead atoms. The van der Waals surface area contributed by atoms with E-state index in [9.17, 15) is 0 Å². The first-order valence-corrected chi connectivity index (χ1v) is 3.96. The zero-order valence-electron chi connectivity index (χ0n) is 7.25. The minimum Gasteiger partial charge on any atom is -0.384 e. The molecule has 1 aromatic carbocycles. The summed E-state index contributed by atoms with van der Waals surface area (Å²) in [6.07, 6.45) is 1.13. The van der Waals surface area contributed by atoms with Crippen molar-refractivity contribution in [3.8, 4) is 0 Å². The van der Waals surface area contributed by atoms with E-state index in [4.69, 9.17) is 5.73 Å². The van der Waals surface area contributed by atoms with Crippen molar-refractivity contribution >= 4 is 30.5 Å². The van der Waals surface area contributed by atoms with Gasteiger partial charge in [0.25, 0.3) is 0 Å². The Balaban J connectivity index is 0.000000720. The van der Waals surface area contributed by atoms with Crippen LogP contribution in [0.5, 0.6) is 0 Å². The Labute approximate surface area is 90.7 Å². The van der Waals surface area contributed by atoms with Crippen LogP contribution in [0.25, 0.3) is 0 Å². The summed E-state index contributed by atoms with van der Waals surface area (Å²) >= 11 is 0. The van der Waals surface area contributed by atoms with Crippen molar-refractivity contribution in [2.45, 2.75) is 13.0 Å². The van der Waals surface area contributed by atoms with Gasteiger partial charge in [-0.15, -0.1) is 24.8 Å². The first kappa shape index (κ1) is 12.6. The highest BCUT2D eigenvalue weighted by atomic mass is 35.5. The summed E-state index contributed by atoms with van der Waals surface area (Å²) in [5.41, 5.74) is 9.56. The number of hydrogen-bond donors (Lipinski definition) is 2. The van der Waals surface area contributed by atoms with Crippen molar-refractivity contribution in [1.29, 1.82) is 0 Å². The highest BCUT2D eigenvalue weighted by Crippen LogP contribution is 2.24. The molecule has 0 saturated heterocycles. The first-order valence-electron chi connectivity index (χ1n) is 3.96. The highest BCUT2D eigenvalue weighted by Gasteiger charge is 2.11. The van der Waals surface area contributed by atoms with E-state index >= 15 is 0 Å². The van der Waals surface area contributed by atoms with Crippen molar-refractivity contribution < 1.29 is 0 Å². The van der Waals surface area contributed by atoms with Gasteiger partial charge in [0.1, 0.15) is 0 Å². The fraction of sp³-hybridized carbons (Fsp3) is 0.333. The lowest BCUT2D eigenvalue weighted by Gasteiger charge is -2.03. The largest absolute Gasteiger partial charge is 0.384 e. The van der Waals surface area contributed by atoms with E-state index in [-0.39, 0.29) is 24.8 Å². The Kier molecular flexibility index (Phi) is 5.14. The molecule has 0 atom stereocenters. The van der Waals surface area contributed by atoms with E-state index in [1.807, 2.05) is 0 Å². The monoisotopic (exact) mass is 220 g/mol. The van der Waals surface area contributed by atoms with Crippen LogP contribution in [0, 0.1) is 0 Å². The smallest absolute Gasteiger partial charge is 0.0376 e. The molecule has 0 saturated carbocycles. The Morgan fingerprint density at radius 1 is 1.31 bits per heavy atom. The van der Waals surface area contributed by atoms with Gasteiger partial charge in [0, 0.05) is 18.8 Å². The first-order chi connectivity index (χ1) is 5.42. The van der Waals surface area contributed by atoms with Crippen LogP contribution >= 0.6 is 24.8 Å². The SMILES string of the molecule is Cl.Cl.NCc1cccc2c1CCN2. The topological polar surface area (TPSA) is 38.0 Å². The third-order valence-corrected chi connectivity index (χ3v) is 2.18. The molecule has 13 heavy (non-hydrogen) atoms. The standard InChI is InChI=1S/C9H12N2.2ClH/c10-6-7-2-1-3-9-8(7)4-5-11-9;;/h1-3,11H,4-6,10H2;2*1H. The normalized spacial score (nSPS) is 12.1. The van der Waals surface area contributed by atoms with Crippen molar-refractivity contribution in [2.24, 2.45) is 5.73 Å². The minimum atomic E-state index is 0. The molecule has 1 aromatic rings. The molecule has 1 aliphatic heterocycles. The van der Waals surface area contributed by atoms with Gasteiger partial charge in [-0.25, -0.2) is 0 Å². The van der Waals surface area contributed by atoms with Gasteiger partial charge in [-0.2, -0.15) is 0 Å². The van der Waals surface area contributed by atoms with Crippen LogP contribution in [0.15, 0.2) is 18.2 Å². The maximum atomic E-state index is 5.60. The Morgan fingerprint density at radius 2 is 2.08 bits per heavy atom. The number of rotatable bonds is 1. The van der Waals surface area contributed by atoms with Gasteiger partial charge in [0.05, 0.1) is 0 Å². The van der Waals surface area contributed by atoms with Crippen LogP contribution in [-0.4, -0.2) is 6.54 Å². The van der Waals surface area contributed by atoms with Crippen LogP contribution in [0.2, 0.25) is 0 Å². The van der Waals surface area contributed by atoms with Gasteiger partial charge in [-0.1, -0.05) is 12.1 Å². The minimum absolute atomic E-state index is 0. The molecule has 1 heterocycles. The summed E-state index contributed by atoms with van der Waals surface area (Å²) in [6.45, 7) is 1.72. The van der Waals surface area contributed by atoms with Crippen LogP contribution < -0.4 is 11.1 Å². The van der Waals surface area contributed by atoms with Crippen molar-refractivity contribution in [3.63, 3.8) is 0 Å². The van der Waals surface area contributed by atoms with Crippen LogP contribution in [0.3, 0.4) is 0 Å². The lowest BCUT2D eigenvalue weighted by Crippen LogP contribution is -1.99. The van der Waals surface area contributed by atoms with Gasteiger partial charge in [-0.3, -0.25) is 0 Å². The predicted octanol–water partition coefficient (Wildman–Crippen LogP) is 1.96. The zero-order chi connectivity index (χ0) is 7.68. The quantitative estimate of drug-likeness (QED) is 0.760. The van der Waals surface area contributed by atoms with Crippen LogP contribution in [-0.2, 0) is 13.0 Å². The summed E-state index contributed by atoms with van der Waals surface area (Å²) in [4.78, 5) is 0. The number of nitrogens with one attached hydrogen (secondary N) is 1. The number of fused-ring (bicyclic) bond motifs is 1. The lowest BCUT2D eigenvalue weighted by atomic mass is 10.1. The molecule has 2 nitrogen and oxygen atoms in total. The second-order valence-corrected chi connectivity index (χ2v) is 2.82. The van der Waals surface area contributed by atoms with Gasteiger partial charge >= 0.3 is 0 Å². The van der Waals surface area contributed by atoms with Crippen molar-refractivity contribution in [1.82, 2.24) is 0 Å². The fourth-order valence-corrected chi connectivity index (χ4v) is 1.61. The number of halogens is 2.